The van der Waals surface area contributed by atoms with Gasteiger partial charge in [-0.05, 0) is 31.9 Å². The number of amides is 1. The highest BCUT2D eigenvalue weighted by molar-refractivity contribution is 6.33. The highest BCUT2D eigenvalue weighted by Gasteiger charge is 2.34. The summed E-state index contributed by atoms with van der Waals surface area (Å²) in [7, 11) is 0. The predicted molar refractivity (Wildman–Crippen MR) is 95.9 cm³/mol. The van der Waals surface area contributed by atoms with Gasteiger partial charge in [0.2, 0.25) is 0 Å². The molecule has 1 amide bonds. The predicted octanol–water partition coefficient (Wildman–Crippen LogP) is 3.86. The van der Waals surface area contributed by atoms with Crippen LogP contribution in [0.1, 0.15) is 34.7 Å². The third-order valence-electron chi connectivity index (χ3n) is 4.39. The summed E-state index contributed by atoms with van der Waals surface area (Å²) in [5, 5.41) is 3.31. The molecule has 3 rings (SSSR count). The Kier molecular flexibility index (Phi) is 5.55. The maximum Gasteiger partial charge on any atom is 0.433 e. The zero-order chi connectivity index (χ0) is 19.6. The Balaban J connectivity index is 1.63. The Morgan fingerprint density at radius 2 is 1.89 bits per heavy atom. The van der Waals surface area contributed by atoms with Crippen molar-refractivity contribution in [2.45, 2.75) is 32.0 Å². The second kappa shape index (κ2) is 7.72. The number of anilines is 1. The number of benzene rings is 1. The molecule has 0 spiro atoms. The van der Waals surface area contributed by atoms with Gasteiger partial charge in [-0.1, -0.05) is 23.7 Å². The number of alkyl halides is 3. The molecule has 1 aromatic carbocycles. The van der Waals surface area contributed by atoms with Gasteiger partial charge < -0.3 is 10.2 Å². The van der Waals surface area contributed by atoms with E-state index in [1.165, 1.54) is 6.92 Å². The summed E-state index contributed by atoms with van der Waals surface area (Å²) >= 11 is 6.03. The second-order valence-corrected chi connectivity index (χ2v) is 6.78. The molecular weight excluding hydrogens is 381 g/mol. The molecule has 1 saturated heterocycles. The van der Waals surface area contributed by atoms with Gasteiger partial charge in [0.1, 0.15) is 17.3 Å². The van der Waals surface area contributed by atoms with Crippen LogP contribution in [0.2, 0.25) is 5.02 Å². The molecule has 1 fully saturated rings. The van der Waals surface area contributed by atoms with Gasteiger partial charge in [-0.2, -0.15) is 13.2 Å². The standard InChI is InChI=1S/C18H18ClF3N4O/c1-11-23-15(18(20,21)22)10-16(24-11)26-8-6-12(7-9-26)25-17(27)13-4-2-3-5-14(13)19/h2-5,10,12H,6-9H2,1H3,(H,25,27). The first-order chi connectivity index (χ1) is 12.7. The van der Waals surface area contributed by atoms with Gasteiger partial charge >= 0.3 is 6.18 Å². The van der Waals surface area contributed by atoms with Crippen molar-refractivity contribution in [2.24, 2.45) is 0 Å². The number of hydrogen-bond donors (Lipinski definition) is 1. The number of nitrogens with one attached hydrogen (secondary N) is 1. The van der Waals surface area contributed by atoms with E-state index >= 15 is 0 Å². The molecule has 0 unspecified atom stereocenters. The van der Waals surface area contributed by atoms with Gasteiger partial charge in [0, 0.05) is 25.2 Å². The quantitative estimate of drug-likeness (QED) is 0.853. The molecule has 27 heavy (non-hydrogen) atoms. The van der Waals surface area contributed by atoms with Crippen LogP contribution < -0.4 is 10.2 Å². The van der Waals surface area contributed by atoms with Crippen molar-refractivity contribution in [2.75, 3.05) is 18.0 Å². The van der Waals surface area contributed by atoms with Gasteiger partial charge in [0.25, 0.3) is 5.91 Å². The van der Waals surface area contributed by atoms with E-state index in [-0.39, 0.29) is 23.6 Å². The number of piperidine rings is 1. The summed E-state index contributed by atoms with van der Waals surface area (Å²) in [5.74, 6) is 0.0796. The first-order valence-corrected chi connectivity index (χ1v) is 8.85. The lowest BCUT2D eigenvalue weighted by atomic mass is 10.0. The molecule has 1 aliphatic heterocycles. The van der Waals surface area contributed by atoms with E-state index in [2.05, 4.69) is 15.3 Å². The van der Waals surface area contributed by atoms with Crippen molar-refractivity contribution in [1.82, 2.24) is 15.3 Å². The molecule has 0 aliphatic carbocycles. The number of rotatable bonds is 3. The number of nitrogens with zero attached hydrogens (tertiary/aromatic N) is 3. The van der Waals surface area contributed by atoms with Crippen LogP contribution in [0, 0.1) is 6.92 Å². The zero-order valence-electron chi connectivity index (χ0n) is 14.6. The summed E-state index contributed by atoms with van der Waals surface area (Å²) in [5.41, 5.74) is -0.540. The van der Waals surface area contributed by atoms with Gasteiger partial charge in [-0.25, -0.2) is 9.97 Å². The van der Waals surface area contributed by atoms with E-state index in [1.54, 1.807) is 29.2 Å². The number of carbonyl (C=O) groups excluding carboxylic acids is 1. The minimum absolute atomic E-state index is 0.0740. The SMILES string of the molecule is Cc1nc(N2CCC(NC(=O)c3ccccc3Cl)CC2)cc(C(F)(F)F)n1. The van der Waals surface area contributed by atoms with Crippen molar-refractivity contribution in [3.05, 3.63) is 52.4 Å². The second-order valence-electron chi connectivity index (χ2n) is 6.37. The Labute approximate surface area is 159 Å². The van der Waals surface area contributed by atoms with Crippen molar-refractivity contribution in [1.29, 1.82) is 0 Å². The number of hydrogen-bond acceptors (Lipinski definition) is 4. The fourth-order valence-corrected chi connectivity index (χ4v) is 3.24. The molecular formula is C18H18ClF3N4O. The van der Waals surface area contributed by atoms with Crippen LogP contribution in [0.15, 0.2) is 30.3 Å². The van der Waals surface area contributed by atoms with Crippen LogP contribution in [0.3, 0.4) is 0 Å². The Hall–Kier alpha value is -2.35. The minimum Gasteiger partial charge on any atom is -0.356 e. The van der Waals surface area contributed by atoms with Gasteiger partial charge in [-0.3, -0.25) is 4.79 Å². The highest BCUT2D eigenvalue weighted by Crippen LogP contribution is 2.30. The summed E-state index contributed by atoms with van der Waals surface area (Å²) in [6.07, 6.45) is -3.31. The molecule has 0 bridgehead atoms. The molecule has 1 aromatic heterocycles. The summed E-state index contributed by atoms with van der Waals surface area (Å²) in [6.45, 7) is 2.41. The molecule has 2 aromatic rings. The van der Waals surface area contributed by atoms with Crippen LogP contribution in [0.25, 0.3) is 0 Å². The number of aryl methyl sites for hydroxylation is 1. The lowest BCUT2D eigenvalue weighted by Crippen LogP contribution is -2.45. The fraction of sp³-hybridized carbons (Fsp3) is 0.389. The maximum atomic E-state index is 12.9. The van der Waals surface area contributed by atoms with E-state index in [1.807, 2.05) is 0 Å². The average molecular weight is 399 g/mol. The van der Waals surface area contributed by atoms with Crippen LogP contribution in [-0.2, 0) is 6.18 Å². The molecule has 0 radical (unpaired) electrons. The summed E-state index contributed by atoms with van der Waals surface area (Å²) < 4.78 is 38.8. The highest BCUT2D eigenvalue weighted by atomic mass is 35.5. The first-order valence-electron chi connectivity index (χ1n) is 8.47. The average Bonchev–Trinajstić information content (AvgIpc) is 2.61. The van der Waals surface area contributed by atoms with E-state index in [4.69, 9.17) is 11.6 Å². The van der Waals surface area contributed by atoms with Gasteiger partial charge in [-0.15, -0.1) is 0 Å². The molecule has 144 valence electrons. The lowest BCUT2D eigenvalue weighted by Gasteiger charge is -2.33. The van der Waals surface area contributed by atoms with Crippen LogP contribution in [0.5, 0.6) is 0 Å². The molecule has 5 nitrogen and oxygen atoms in total. The molecule has 1 aliphatic rings. The Morgan fingerprint density at radius 3 is 2.52 bits per heavy atom. The van der Waals surface area contributed by atoms with Gasteiger partial charge in [0.15, 0.2) is 0 Å². The van der Waals surface area contributed by atoms with E-state index < -0.39 is 11.9 Å². The largest absolute Gasteiger partial charge is 0.433 e. The number of aromatic nitrogens is 2. The van der Waals surface area contributed by atoms with Crippen molar-refractivity contribution in [3.8, 4) is 0 Å². The molecule has 1 N–H and O–H groups in total. The van der Waals surface area contributed by atoms with E-state index in [0.29, 0.717) is 36.5 Å². The smallest absolute Gasteiger partial charge is 0.356 e. The monoisotopic (exact) mass is 398 g/mol. The summed E-state index contributed by atoms with van der Waals surface area (Å²) in [6, 6.07) is 7.67. The fourth-order valence-electron chi connectivity index (χ4n) is 3.02. The van der Waals surface area contributed by atoms with Crippen LogP contribution in [-0.4, -0.2) is 35.0 Å². The van der Waals surface area contributed by atoms with E-state index in [9.17, 15) is 18.0 Å². The van der Waals surface area contributed by atoms with Crippen molar-refractivity contribution >= 4 is 23.3 Å². The molecule has 0 saturated carbocycles. The number of carbonyl (C=O) groups is 1. The third-order valence-corrected chi connectivity index (χ3v) is 4.72. The maximum absolute atomic E-state index is 12.9. The normalized spacial score (nSPS) is 15.7. The van der Waals surface area contributed by atoms with Gasteiger partial charge in [0.05, 0.1) is 10.6 Å². The molecule has 0 atom stereocenters. The van der Waals surface area contributed by atoms with Crippen molar-refractivity contribution in [3.63, 3.8) is 0 Å². The van der Waals surface area contributed by atoms with Crippen molar-refractivity contribution < 1.29 is 18.0 Å². The third kappa shape index (κ3) is 4.68. The Morgan fingerprint density at radius 1 is 1.22 bits per heavy atom. The first kappa shape index (κ1) is 19.4. The summed E-state index contributed by atoms with van der Waals surface area (Å²) in [4.78, 5) is 21.7. The lowest BCUT2D eigenvalue weighted by molar-refractivity contribution is -0.141. The zero-order valence-corrected chi connectivity index (χ0v) is 15.3. The van der Waals surface area contributed by atoms with Crippen LogP contribution >= 0.6 is 11.6 Å². The molecule has 2 heterocycles. The van der Waals surface area contributed by atoms with Crippen LogP contribution in [0.4, 0.5) is 19.0 Å². The minimum atomic E-state index is -4.51. The Bertz CT molecular complexity index is 836. The molecule has 9 heteroatoms. The topological polar surface area (TPSA) is 58.1 Å². The van der Waals surface area contributed by atoms with E-state index in [0.717, 1.165) is 6.07 Å². The number of halogens is 4.